The molecule has 0 atom stereocenters. The van der Waals surface area contributed by atoms with Crippen molar-refractivity contribution >= 4 is 0 Å². The zero-order valence-corrected chi connectivity index (χ0v) is 12.1. The maximum atomic E-state index is 7.00. The molecule has 0 aromatic rings. The summed E-state index contributed by atoms with van der Waals surface area (Å²) in [5.41, 5.74) is 5.99. The van der Waals surface area contributed by atoms with Crippen LogP contribution < -0.4 is 5.73 Å². The standard InChI is InChI=1S/C12H27NO.CH4O/c1-10(2)12(5,6)9-14-8-11(3,4)7-13;1-2/h10H,7-9,13H2,1-6H3;2H,1H3. The molecule has 0 bridgehead atoms. The molecule has 0 saturated heterocycles. The Morgan fingerprint density at radius 3 is 1.81 bits per heavy atom. The molecule has 0 aliphatic heterocycles. The first-order chi connectivity index (χ1) is 7.21. The summed E-state index contributed by atoms with van der Waals surface area (Å²) < 4.78 is 5.74. The molecule has 0 radical (unpaired) electrons. The van der Waals surface area contributed by atoms with Crippen molar-refractivity contribution in [2.75, 3.05) is 26.9 Å². The normalized spacial score (nSPS) is 12.4. The second-order valence-corrected chi connectivity index (χ2v) is 6.00. The molecule has 3 nitrogen and oxygen atoms in total. The summed E-state index contributed by atoms with van der Waals surface area (Å²) in [4.78, 5) is 0. The number of ether oxygens (including phenoxy) is 1. The van der Waals surface area contributed by atoms with E-state index in [-0.39, 0.29) is 10.8 Å². The summed E-state index contributed by atoms with van der Waals surface area (Å²) in [6.07, 6.45) is 0. The fraction of sp³-hybridized carbons (Fsp3) is 1.00. The molecule has 3 heteroatoms. The van der Waals surface area contributed by atoms with Crippen molar-refractivity contribution in [3.05, 3.63) is 0 Å². The van der Waals surface area contributed by atoms with Gasteiger partial charge in [0, 0.05) is 12.5 Å². The molecule has 0 amide bonds. The lowest BCUT2D eigenvalue weighted by Gasteiger charge is -2.31. The average molecular weight is 233 g/mol. The van der Waals surface area contributed by atoms with Crippen LogP contribution in [-0.2, 0) is 4.74 Å². The summed E-state index contributed by atoms with van der Waals surface area (Å²) in [7, 11) is 1.00. The Balaban J connectivity index is 0. The molecule has 0 aromatic heterocycles. The van der Waals surface area contributed by atoms with E-state index in [1.807, 2.05) is 0 Å². The SMILES string of the molecule is CC(C)C(C)(C)COCC(C)(C)CN.CO. The third-order valence-electron chi connectivity index (χ3n) is 3.08. The molecule has 0 saturated carbocycles. The predicted molar refractivity (Wildman–Crippen MR) is 70.4 cm³/mol. The number of hydrogen-bond acceptors (Lipinski definition) is 3. The summed E-state index contributed by atoms with van der Waals surface area (Å²) in [5, 5.41) is 7.00. The minimum Gasteiger partial charge on any atom is -0.400 e. The van der Waals surface area contributed by atoms with Crippen molar-refractivity contribution < 1.29 is 9.84 Å². The number of rotatable bonds is 6. The van der Waals surface area contributed by atoms with Gasteiger partial charge in [0.2, 0.25) is 0 Å². The minimum absolute atomic E-state index is 0.104. The molecule has 0 fully saturated rings. The lowest BCUT2D eigenvalue weighted by molar-refractivity contribution is 0.00128. The highest BCUT2D eigenvalue weighted by atomic mass is 16.5. The van der Waals surface area contributed by atoms with Gasteiger partial charge in [-0.3, -0.25) is 0 Å². The molecular formula is C13H31NO2. The summed E-state index contributed by atoms with van der Waals surface area (Å²) in [5.74, 6) is 0.642. The summed E-state index contributed by atoms with van der Waals surface area (Å²) in [6.45, 7) is 15.5. The van der Waals surface area contributed by atoms with Crippen LogP contribution in [0.15, 0.2) is 0 Å². The highest BCUT2D eigenvalue weighted by Crippen LogP contribution is 2.27. The minimum atomic E-state index is 0.104. The third kappa shape index (κ3) is 8.08. The van der Waals surface area contributed by atoms with Crippen molar-refractivity contribution in [3.63, 3.8) is 0 Å². The van der Waals surface area contributed by atoms with Gasteiger partial charge in [0.25, 0.3) is 0 Å². The van der Waals surface area contributed by atoms with Crippen molar-refractivity contribution in [1.29, 1.82) is 0 Å². The molecule has 0 aliphatic carbocycles. The summed E-state index contributed by atoms with van der Waals surface area (Å²) >= 11 is 0. The fourth-order valence-electron chi connectivity index (χ4n) is 0.816. The number of aliphatic hydroxyl groups excluding tert-OH is 1. The molecule has 0 heterocycles. The monoisotopic (exact) mass is 233 g/mol. The van der Waals surface area contributed by atoms with E-state index in [1.165, 1.54) is 0 Å². The largest absolute Gasteiger partial charge is 0.400 e. The highest BCUT2D eigenvalue weighted by molar-refractivity contribution is 4.73. The quantitative estimate of drug-likeness (QED) is 0.740. The zero-order valence-electron chi connectivity index (χ0n) is 12.1. The molecular weight excluding hydrogens is 202 g/mol. The number of hydrogen-bond donors (Lipinski definition) is 2. The van der Waals surface area contributed by atoms with Gasteiger partial charge < -0.3 is 15.6 Å². The Labute approximate surface area is 101 Å². The first-order valence-electron chi connectivity index (χ1n) is 5.94. The molecule has 16 heavy (non-hydrogen) atoms. The van der Waals surface area contributed by atoms with Crippen LogP contribution in [0.2, 0.25) is 0 Å². The lowest BCUT2D eigenvalue weighted by Crippen LogP contribution is -2.32. The fourth-order valence-corrected chi connectivity index (χ4v) is 0.816. The van der Waals surface area contributed by atoms with Crippen LogP contribution in [0.1, 0.15) is 41.5 Å². The van der Waals surface area contributed by atoms with Gasteiger partial charge in [-0.2, -0.15) is 0 Å². The second-order valence-electron chi connectivity index (χ2n) is 6.00. The van der Waals surface area contributed by atoms with Crippen molar-refractivity contribution in [1.82, 2.24) is 0 Å². The topological polar surface area (TPSA) is 55.5 Å². The van der Waals surface area contributed by atoms with E-state index in [1.54, 1.807) is 0 Å². The van der Waals surface area contributed by atoms with Gasteiger partial charge in [0.05, 0.1) is 13.2 Å². The van der Waals surface area contributed by atoms with Gasteiger partial charge >= 0.3 is 0 Å². The zero-order chi connectivity index (χ0) is 13.4. The molecule has 0 aromatic carbocycles. The summed E-state index contributed by atoms with van der Waals surface area (Å²) in [6, 6.07) is 0. The van der Waals surface area contributed by atoms with Crippen LogP contribution in [0, 0.1) is 16.7 Å². The Bertz CT molecular complexity index is 165. The highest BCUT2D eigenvalue weighted by Gasteiger charge is 2.24. The Morgan fingerprint density at radius 2 is 1.50 bits per heavy atom. The molecule has 0 rings (SSSR count). The van der Waals surface area contributed by atoms with Crippen LogP contribution in [0.4, 0.5) is 0 Å². The third-order valence-corrected chi connectivity index (χ3v) is 3.08. The smallest absolute Gasteiger partial charge is 0.0529 e. The van der Waals surface area contributed by atoms with Gasteiger partial charge in [0.15, 0.2) is 0 Å². The molecule has 0 aliphatic rings. The Hall–Kier alpha value is -0.120. The van der Waals surface area contributed by atoms with E-state index in [9.17, 15) is 0 Å². The van der Waals surface area contributed by atoms with Gasteiger partial charge in [-0.05, 0) is 17.9 Å². The van der Waals surface area contributed by atoms with E-state index < -0.39 is 0 Å². The lowest BCUT2D eigenvalue weighted by atomic mass is 9.82. The molecule has 0 unspecified atom stereocenters. The average Bonchev–Trinajstić information content (AvgIpc) is 2.20. The van der Waals surface area contributed by atoms with Crippen LogP contribution in [-0.4, -0.2) is 32.0 Å². The van der Waals surface area contributed by atoms with Crippen molar-refractivity contribution in [2.24, 2.45) is 22.5 Å². The molecule has 0 spiro atoms. The van der Waals surface area contributed by atoms with Gasteiger partial charge in [-0.25, -0.2) is 0 Å². The predicted octanol–water partition coefficient (Wildman–Crippen LogP) is 2.28. The van der Waals surface area contributed by atoms with Crippen LogP contribution in [0.5, 0.6) is 0 Å². The Morgan fingerprint density at radius 1 is 1.06 bits per heavy atom. The van der Waals surface area contributed by atoms with Crippen LogP contribution >= 0.6 is 0 Å². The Kier molecular flexibility index (Phi) is 9.17. The van der Waals surface area contributed by atoms with E-state index in [0.717, 1.165) is 20.3 Å². The van der Waals surface area contributed by atoms with Crippen LogP contribution in [0.25, 0.3) is 0 Å². The first-order valence-corrected chi connectivity index (χ1v) is 5.94. The second kappa shape index (κ2) is 8.04. The van der Waals surface area contributed by atoms with E-state index in [2.05, 4.69) is 41.5 Å². The van der Waals surface area contributed by atoms with Crippen LogP contribution in [0.3, 0.4) is 0 Å². The molecule has 3 N–H and O–H groups in total. The van der Waals surface area contributed by atoms with Gasteiger partial charge in [-0.15, -0.1) is 0 Å². The van der Waals surface area contributed by atoms with Crippen molar-refractivity contribution in [2.45, 2.75) is 41.5 Å². The van der Waals surface area contributed by atoms with Crippen molar-refractivity contribution in [3.8, 4) is 0 Å². The van der Waals surface area contributed by atoms with E-state index >= 15 is 0 Å². The van der Waals surface area contributed by atoms with Gasteiger partial charge in [-0.1, -0.05) is 41.5 Å². The number of nitrogens with two attached hydrogens (primary N) is 1. The van der Waals surface area contributed by atoms with E-state index in [4.69, 9.17) is 15.6 Å². The van der Waals surface area contributed by atoms with Gasteiger partial charge in [0.1, 0.15) is 0 Å². The molecule has 100 valence electrons. The van der Waals surface area contributed by atoms with E-state index in [0.29, 0.717) is 12.5 Å². The first kappa shape index (κ1) is 18.3. The maximum Gasteiger partial charge on any atom is 0.0529 e. The maximum absolute atomic E-state index is 7.00. The number of aliphatic hydroxyl groups is 1.